The van der Waals surface area contributed by atoms with Crippen molar-refractivity contribution < 1.29 is 36.2 Å². The van der Waals surface area contributed by atoms with E-state index in [-0.39, 0.29) is 54.8 Å². The Kier molecular flexibility index (Phi) is 8.73. The van der Waals surface area contributed by atoms with Gasteiger partial charge >= 0.3 is 12.1 Å². The molecule has 47 heavy (non-hydrogen) atoms. The van der Waals surface area contributed by atoms with Crippen molar-refractivity contribution in [3.8, 4) is 23.2 Å². The monoisotopic (exact) mass is 691 g/mol. The fraction of sp³-hybridized carbons (Fsp3) is 0.438. The van der Waals surface area contributed by atoms with E-state index in [1.54, 1.807) is 27.0 Å². The zero-order chi connectivity index (χ0) is 33.8. The highest BCUT2D eigenvalue weighted by Gasteiger charge is 2.49. The standard InChI is InChI=1S/C32H30F5N5O3S2/c1-31(2,3)45-30(43)41-28-19(12-38)22-16(6-7-20(34)25(22)47-28)21-17(26(36)37)10-18-24(23(21)35)39-29(40-27(18)46-4)44-14-32-8-5-9-42(32)13-15(33)11-32/h6-7,10,15,26H,5,8-9,11,13-14H2,1-4H3,(H,41,43)/t15-,32+/m1/s1. The fourth-order valence-electron chi connectivity index (χ4n) is 6.48. The molecule has 1 amide bonds. The number of nitriles is 1. The molecule has 2 aromatic heterocycles. The lowest BCUT2D eigenvalue weighted by Gasteiger charge is -2.30. The summed E-state index contributed by atoms with van der Waals surface area (Å²) < 4.78 is 86.7. The summed E-state index contributed by atoms with van der Waals surface area (Å²) in [7, 11) is 0. The number of nitrogens with one attached hydrogen (secondary N) is 1. The van der Waals surface area contributed by atoms with Crippen LogP contribution in [0.15, 0.2) is 23.2 Å². The van der Waals surface area contributed by atoms with Gasteiger partial charge in [-0.1, -0.05) is 6.07 Å². The van der Waals surface area contributed by atoms with Gasteiger partial charge in [0.15, 0.2) is 5.82 Å². The molecule has 15 heteroatoms. The van der Waals surface area contributed by atoms with Gasteiger partial charge in [0.1, 0.15) is 45.8 Å². The number of alkyl halides is 3. The Hall–Kier alpha value is -3.74. The predicted molar refractivity (Wildman–Crippen MR) is 170 cm³/mol. The number of ether oxygens (including phenoxy) is 2. The normalized spacial score (nSPS) is 19.8. The molecule has 6 rings (SSSR count). The lowest BCUT2D eigenvalue weighted by molar-refractivity contribution is 0.0636. The number of nitrogens with zero attached hydrogens (tertiary/aromatic N) is 4. The molecule has 248 valence electrons. The van der Waals surface area contributed by atoms with E-state index in [1.807, 2.05) is 11.0 Å². The third-order valence-corrected chi connectivity index (χ3v) is 10.2. The molecule has 4 aromatic rings. The number of amides is 1. The maximum Gasteiger partial charge on any atom is 0.412 e. The Morgan fingerprint density at radius 2 is 2.06 bits per heavy atom. The lowest BCUT2D eigenvalue weighted by atomic mass is 9.93. The van der Waals surface area contributed by atoms with Crippen LogP contribution in [0, 0.1) is 23.0 Å². The van der Waals surface area contributed by atoms with E-state index in [0.29, 0.717) is 24.3 Å². The Morgan fingerprint density at radius 3 is 2.74 bits per heavy atom. The van der Waals surface area contributed by atoms with Crippen LogP contribution in [0.5, 0.6) is 6.01 Å². The highest BCUT2D eigenvalue weighted by Crippen LogP contribution is 2.47. The van der Waals surface area contributed by atoms with Gasteiger partial charge in [0.25, 0.3) is 6.43 Å². The summed E-state index contributed by atoms with van der Waals surface area (Å²) in [5.41, 5.74) is -3.45. The first kappa shape index (κ1) is 33.2. The Bertz CT molecular complexity index is 1940. The van der Waals surface area contributed by atoms with Crippen LogP contribution in [0.3, 0.4) is 0 Å². The summed E-state index contributed by atoms with van der Waals surface area (Å²) in [4.78, 5) is 23.2. The number of hydrogen-bond donors (Lipinski definition) is 1. The lowest BCUT2D eigenvalue weighted by Crippen LogP contribution is -2.43. The SMILES string of the molecule is CSc1nc(OC[C@@]23CCCN2C[C@H](F)C3)nc2c(F)c(-c3ccc(F)c4sc(NC(=O)OC(C)(C)C)c(C#N)c34)c(C(F)F)cc12. The zero-order valence-electron chi connectivity index (χ0n) is 25.8. The molecular formula is C32H30F5N5O3S2. The van der Waals surface area contributed by atoms with Crippen molar-refractivity contribution in [2.24, 2.45) is 0 Å². The second kappa shape index (κ2) is 12.4. The van der Waals surface area contributed by atoms with Crippen molar-refractivity contribution in [1.29, 1.82) is 5.26 Å². The average molecular weight is 692 g/mol. The van der Waals surface area contributed by atoms with Gasteiger partial charge < -0.3 is 9.47 Å². The van der Waals surface area contributed by atoms with Crippen molar-refractivity contribution in [3.63, 3.8) is 0 Å². The van der Waals surface area contributed by atoms with Crippen LogP contribution >= 0.6 is 23.1 Å². The number of aromatic nitrogens is 2. The summed E-state index contributed by atoms with van der Waals surface area (Å²) in [6, 6.07) is 4.90. The molecule has 2 aliphatic rings. The number of fused-ring (bicyclic) bond motifs is 3. The fourth-order valence-corrected chi connectivity index (χ4v) is 8.10. The predicted octanol–water partition coefficient (Wildman–Crippen LogP) is 8.62. The highest BCUT2D eigenvalue weighted by atomic mass is 32.2. The molecule has 4 heterocycles. The van der Waals surface area contributed by atoms with E-state index in [1.165, 1.54) is 0 Å². The minimum atomic E-state index is -3.18. The molecule has 1 N–H and O–H groups in total. The van der Waals surface area contributed by atoms with Gasteiger partial charge in [0, 0.05) is 34.9 Å². The topological polar surface area (TPSA) is 100 Å². The molecule has 8 nitrogen and oxygen atoms in total. The van der Waals surface area contributed by atoms with Crippen molar-refractivity contribution in [2.45, 2.75) is 68.8 Å². The second-order valence-corrected chi connectivity index (χ2v) is 14.4. The van der Waals surface area contributed by atoms with Gasteiger partial charge in [-0.05, 0) is 64.1 Å². The van der Waals surface area contributed by atoms with E-state index in [2.05, 4.69) is 15.3 Å². The van der Waals surface area contributed by atoms with E-state index >= 15 is 8.78 Å². The van der Waals surface area contributed by atoms with Gasteiger partial charge in [0.2, 0.25) is 0 Å². The number of thiophene rings is 1. The van der Waals surface area contributed by atoms with Crippen molar-refractivity contribution in [1.82, 2.24) is 14.9 Å². The van der Waals surface area contributed by atoms with Gasteiger partial charge in [-0.3, -0.25) is 10.2 Å². The Morgan fingerprint density at radius 1 is 1.30 bits per heavy atom. The minimum Gasteiger partial charge on any atom is -0.461 e. The number of carbonyl (C=O) groups is 1. The number of benzene rings is 2. The molecular weight excluding hydrogens is 662 g/mol. The number of thioether (sulfide) groups is 1. The van der Waals surface area contributed by atoms with Crippen LogP contribution < -0.4 is 10.1 Å². The summed E-state index contributed by atoms with van der Waals surface area (Å²) in [5.74, 6) is -1.94. The summed E-state index contributed by atoms with van der Waals surface area (Å²) in [6.45, 7) is 6.02. The second-order valence-electron chi connectivity index (χ2n) is 12.6. The van der Waals surface area contributed by atoms with Gasteiger partial charge in [-0.15, -0.1) is 23.1 Å². The minimum absolute atomic E-state index is 0.0169. The zero-order valence-corrected chi connectivity index (χ0v) is 27.5. The third-order valence-electron chi connectivity index (χ3n) is 8.35. The molecule has 2 fully saturated rings. The van der Waals surface area contributed by atoms with E-state index < -0.39 is 52.6 Å². The summed E-state index contributed by atoms with van der Waals surface area (Å²) >= 11 is 1.78. The quantitative estimate of drug-likeness (QED) is 0.117. The molecule has 0 bridgehead atoms. The summed E-state index contributed by atoms with van der Waals surface area (Å²) in [6.07, 6.45) is -1.54. The first-order valence-electron chi connectivity index (χ1n) is 14.8. The molecule has 2 saturated heterocycles. The van der Waals surface area contributed by atoms with Gasteiger partial charge in [0.05, 0.1) is 15.8 Å². The Balaban J connectivity index is 1.50. The van der Waals surface area contributed by atoms with E-state index in [4.69, 9.17) is 9.47 Å². The molecule has 2 aliphatic heterocycles. The van der Waals surface area contributed by atoms with Crippen molar-refractivity contribution >= 4 is 55.2 Å². The molecule has 0 saturated carbocycles. The number of rotatable bonds is 7. The van der Waals surface area contributed by atoms with Crippen LogP contribution in [0.25, 0.3) is 32.1 Å². The highest BCUT2D eigenvalue weighted by molar-refractivity contribution is 7.98. The van der Waals surface area contributed by atoms with Crippen LogP contribution in [0.2, 0.25) is 0 Å². The number of carbonyl (C=O) groups excluding carboxylic acids is 1. The molecule has 0 spiro atoms. The molecule has 0 unspecified atom stereocenters. The van der Waals surface area contributed by atoms with Gasteiger partial charge in [-0.25, -0.2) is 26.7 Å². The van der Waals surface area contributed by atoms with E-state index in [9.17, 15) is 23.2 Å². The molecule has 2 aromatic carbocycles. The Labute approximate surface area is 275 Å². The number of halogens is 5. The average Bonchev–Trinajstić information content (AvgIpc) is 3.65. The van der Waals surface area contributed by atoms with Crippen LogP contribution in [0.1, 0.15) is 57.6 Å². The summed E-state index contributed by atoms with van der Waals surface area (Å²) in [5, 5.41) is 12.5. The first-order chi connectivity index (χ1) is 22.2. The first-order valence-corrected chi connectivity index (χ1v) is 16.8. The largest absolute Gasteiger partial charge is 0.461 e. The van der Waals surface area contributed by atoms with Gasteiger partial charge in [-0.2, -0.15) is 15.2 Å². The van der Waals surface area contributed by atoms with Crippen LogP contribution in [-0.2, 0) is 4.74 Å². The van der Waals surface area contributed by atoms with E-state index in [0.717, 1.165) is 49.3 Å². The molecule has 0 aliphatic carbocycles. The number of hydrogen-bond acceptors (Lipinski definition) is 9. The van der Waals surface area contributed by atoms with Crippen LogP contribution in [-0.4, -0.2) is 64.2 Å². The molecule has 2 atom stereocenters. The maximum absolute atomic E-state index is 16.7. The van der Waals surface area contributed by atoms with Crippen molar-refractivity contribution in [3.05, 3.63) is 41.0 Å². The van der Waals surface area contributed by atoms with Crippen LogP contribution in [0.4, 0.5) is 31.7 Å². The third kappa shape index (κ3) is 6.07. The number of anilines is 1. The molecule has 0 radical (unpaired) electrons. The smallest absolute Gasteiger partial charge is 0.412 e. The van der Waals surface area contributed by atoms with Crippen molar-refractivity contribution in [2.75, 3.05) is 31.3 Å². The maximum atomic E-state index is 16.7.